The quantitative estimate of drug-likeness (QED) is 0.742. The largest absolute Gasteiger partial charge is 0.480 e. The van der Waals surface area contributed by atoms with Crippen LogP contribution >= 0.6 is 0 Å². The topological polar surface area (TPSA) is 66.4 Å². The molecule has 0 aromatic heterocycles. The third kappa shape index (κ3) is 5.40. The fourth-order valence-corrected chi connectivity index (χ4v) is 2.56. The van der Waals surface area contributed by atoms with Gasteiger partial charge in [0, 0.05) is 5.92 Å². The van der Waals surface area contributed by atoms with Crippen molar-refractivity contribution < 1.29 is 27.9 Å². The van der Waals surface area contributed by atoms with E-state index in [4.69, 9.17) is 5.11 Å². The molecule has 3 unspecified atom stereocenters. The van der Waals surface area contributed by atoms with Gasteiger partial charge in [-0.1, -0.05) is 12.5 Å². The molecule has 0 radical (unpaired) electrons. The number of aliphatic carboxylic acids is 1. The maximum atomic E-state index is 12.7. The van der Waals surface area contributed by atoms with Crippen molar-refractivity contribution in [2.75, 3.05) is 0 Å². The molecule has 1 amide bonds. The van der Waals surface area contributed by atoms with Crippen LogP contribution in [0, 0.1) is 11.8 Å². The molecule has 0 aromatic rings. The van der Waals surface area contributed by atoms with E-state index in [0.717, 1.165) is 0 Å². The summed E-state index contributed by atoms with van der Waals surface area (Å²) in [6, 6.07) is -1.08. The minimum Gasteiger partial charge on any atom is -0.480 e. The summed E-state index contributed by atoms with van der Waals surface area (Å²) in [7, 11) is 0. The molecule has 0 spiro atoms. The Labute approximate surface area is 121 Å². The van der Waals surface area contributed by atoms with E-state index >= 15 is 0 Å². The molecule has 0 aliphatic heterocycles. The first kappa shape index (κ1) is 17.5. The van der Waals surface area contributed by atoms with Gasteiger partial charge in [0.05, 0.1) is 5.92 Å². The summed E-state index contributed by atoms with van der Waals surface area (Å²) in [5, 5.41) is 11.3. The number of halogens is 3. The van der Waals surface area contributed by atoms with Crippen molar-refractivity contribution in [3.8, 4) is 0 Å². The zero-order chi connectivity index (χ0) is 16.0. The van der Waals surface area contributed by atoms with Crippen molar-refractivity contribution in [1.29, 1.82) is 0 Å². The molecule has 4 nitrogen and oxygen atoms in total. The Balaban J connectivity index is 2.60. The zero-order valence-electron chi connectivity index (χ0n) is 11.7. The fourth-order valence-electron chi connectivity index (χ4n) is 2.56. The Hall–Kier alpha value is -1.53. The van der Waals surface area contributed by atoms with Gasteiger partial charge in [-0.25, -0.2) is 4.79 Å². The lowest BCUT2D eigenvalue weighted by molar-refractivity contribution is -0.186. The number of amides is 1. The minimum absolute atomic E-state index is 0.0338. The number of carbonyl (C=O) groups excluding carboxylic acids is 1. The van der Waals surface area contributed by atoms with Crippen molar-refractivity contribution >= 4 is 11.9 Å². The molecule has 120 valence electrons. The number of alkyl halides is 3. The van der Waals surface area contributed by atoms with Crippen LogP contribution in [0.1, 0.15) is 38.5 Å². The highest BCUT2D eigenvalue weighted by atomic mass is 19.4. The monoisotopic (exact) mass is 307 g/mol. The summed E-state index contributed by atoms with van der Waals surface area (Å²) in [6.07, 6.45) is -1.71. The standard InChI is InChI=1S/C14H20F3NO3/c1-2-3-7-11(13(20)21)18-12(19)9-5-4-6-10(8-9)14(15,16)17/h2,9-11H,1,3-8H2,(H,18,19)(H,20,21). The number of hydrogen-bond donors (Lipinski definition) is 2. The molecule has 1 fully saturated rings. The average molecular weight is 307 g/mol. The number of carboxylic acid groups (broad SMARTS) is 1. The van der Waals surface area contributed by atoms with E-state index in [1.807, 2.05) is 0 Å². The predicted molar refractivity (Wildman–Crippen MR) is 70.5 cm³/mol. The van der Waals surface area contributed by atoms with Crippen LogP contribution < -0.4 is 5.32 Å². The first-order valence-corrected chi connectivity index (χ1v) is 6.96. The van der Waals surface area contributed by atoms with Gasteiger partial charge in [-0.15, -0.1) is 6.58 Å². The highest BCUT2D eigenvalue weighted by Crippen LogP contribution is 2.39. The molecule has 0 saturated heterocycles. The van der Waals surface area contributed by atoms with Crippen LogP contribution in [-0.2, 0) is 9.59 Å². The summed E-state index contributed by atoms with van der Waals surface area (Å²) < 4.78 is 38.1. The third-order valence-corrected chi connectivity index (χ3v) is 3.78. The van der Waals surface area contributed by atoms with Gasteiger partial charge >= 0.3 is 12.1 Å². The molecule has 1 aliphatic carbocycles. The first-order chi connectivity index (χ1) is 9.75. The minimum atomic E-state index is -4.30. The van der Waals surface area contributed by atoms with Gasteiger partial charge in [0.25, 0.3) is 0 Å². The van der Waals surface area contributed by atoms with Crippen LogP contribution in [-0.4, -0.2) is 29.2 Å². The predicted octanol–water partition coefficient (Wildman–Crippen LogP) is 2.89. The molecular formula is C14H20F3NO3. The summed E-state index contributed by atoms with van der Waals surface area (Å²) in [6.45, 7) is 3.47. The van der Waals surface area contributed by atoms with Crippen LogP contribution in [0.2, 0.25) is 0 Å². The molecule has 2 N–H and O–H groups in total. The van der Waals surface area contributed by atoms with E-state index in [-0.39, 0.29) is 19.3 Å². The second kappa shape index (κ2) is 7.47. The lowest BCUT2D eigenvalue weighted by atomic mass is 9.80. The number of hydrogen-bond acceptors (Lipinski definition) is 2. The Bertz CT molecular complexity index is 395. The van der Waals surface area contributed by atoms with E-state index in [9.17, 15) is 22.8 Å². The van der Waals surface area contributed by atoms with Gasteiger partial charge in [-0.3, -0.25) is 4.79 Å². The Morgan fingerprint density at radius 3 is 2.57 bits per heavy atom. The summed E-state index contributed by atoms with van der Waals surface area (Å²) >= 11 is 0. The Kier molecular flexibility index (Phi) is 6.23. The van der Waals surface area contributed by atoms with Gasteiger partial charge in [0.15, 0.2) is 0 Å². The number of allylic oxidation sites excluding steroid dienone is 1. The Morgan fingerprint density at radius 1 is 1.38 bits per heavy atom. The number of rotatable bonds is 6. The Morgan fingerprint density at radius 2 is 2.05 bits per heavy atom. The highest BCUT2D eigenvalue weighted by Gasteiger charge is 2.43. The van der Waals surface area contributed by atoms with E-state index in [1.54, 1.807) is 0 Å². The van der Waals surface area contributed by atoms with E-state index in [2.05, 4.69) is 11.9 Å². The lowest BCUT2D eigenvalue weighted by Crippen LogP contribution is -2.45. The van der Waals surface area contributed by atoms with Gasteiger partial charge < -0.3 is 10.4 Å². The van der Waals surface area contributed by atoms with Crippen LogP contribution in [0.4, 0.5) is 13.2 Å². The molecule has 1 aliphatic rings. The normalized spacial score (nSPS) is 24.1. The fraction of sp³-hybridized carbons (Fsp3) is 0.714. The van der Waals surface area contributed by atoms with Gasteiger partial charge in [0.1, 0.15) is 6.04 Å². The molecular weight excluding hydrogens is 287 g/mol. The van der Waals surface area contributed by atoms with Crippen molar-refractivity contribution in [3.05, 3.63) is 12.7 Å². The zero-order valence-corrected chi connectivity index (χ0v) is 11.7. The van der Waals surface area contributed by atoms with Gasteiger partial charge in [-0.2, -0.15) is 13.2 Å². The van der Waals surface area contributed by atoms with Crippen LogP contribution in [0.3, 0.4) is 0 Å². The third-order valence-electron chi connectivity index (χ3n) is 3.78. The smallest absolute Gasteiger partial charge is 0.391 e. The van der Waals surface area contributed by atoms with Crippen molar-refractivity contribution in [2.45, 2.75) is 50.7 Å². The summed E-state index contributed by atoms with van der Waals surface area (Å²) in [5.41, 5.74) is 0. The maximum Gasteiger partial charge on any atom is 0.391 e. The number of carboxylic acids is 1. The van der Waals surface area contributed by atoms with Gasteiger partial charge in [0.2, 0.25) is 5.91 Å². The van der Waals surface area contributed by atoms with Crippen molar-refractivity contribution in [2.24, 2.45) is 11.8 Å². The van der Waals surface area contributed by atoms with E-state index in [0.29, 0.717) is 19.3 Å². The number of nitrogens with one attached hydrogen (secondary N) is 1. The average Bonchev–Trinajstić information content (AvgIpc) is 2.42. The molecule has 21 heavy (non-hydrogen) atoms. The van der Waals surface area contributed by atoms with Crippen molar-refractivity contribution in [1.82, 2.24) is 5.32 Å². The summed E-state index contributed by atoms with van der Waals surface area (Å²) in [5.74, 6) is -4.02. The molecule has 0 aromatic carbocycles. The molecule has 0 bridgehead atoms. The summed E-state index contributed by atoms with van der Waals surface area (Å²) in [4.78, 5) is 23.0. The molecule has 1 rings (SSSR count). The number of carbonyl (C=O) groups is 2. The second-order valence-corrected chi connectivity index (χ2v) is 5.37. The maximum absolute atomic E-state index is 12.7. The molecule has 7 heteroatoms. The van der Waals surface area contributed by atoms with Gasteiger partial charge in [-0.05, 0) is 32.1 Å². The molecule has 3 atom stereocenters. The lowest BCUT2D eigenvalue weighted by Gasteiger charge is -2.30. The van der Waals surface area contributed by atoms with E-state index in [1.165, 1.54) is 6.08 Å². The molecule has 1 saturated carbocycles. The second-order valence-electron chi connectivity index (χ2n) is 5.37. The van der Waals surface area contributed by atoms with Crippen LogP contribution in [0.25, 0.3) is 0 Å². The van der Waals surface area contributed by atoms with E-state index < -0.39 is 35.9 Å². The SMILES string of the molecule is C=CCCC(NC(=O)C1CCCC(C(F)(F)F)C1)C(=O)O. The highest BCUT2D eigenvalue weighted by molar-refractivity contribution is 5.85. The van der Waals surface area contributed by atoms with Crippen molar-refractivity contribution in [3.63, 3.8) is 0 Å². The van der Waals surface area contributed by atoms with Crippen LogP contribution in [0.5, 0.6) is 0 Å². The first-order valence-electron chi connectivity index (χ1n) is 6.96. The molecule has 0 heterocycles. The van der Waals surface area contributed by atoms with Crippen LogP contribution in [0.15, 0.2) is 12.7 Å².